The molecule has 0 rings (SSSR count). The number of carbonyl (C=O) groups is 3. The number of urea groups is 1. The quantitative estimate of drug-likeness (QED) is 0.375. The number of carbonyl (C=O) groups excluding carboxylic acids is 2. The lowest BCUT2D eigenvalue weighted by Gasteiger charge is -2.19. The molecular weight excluding hydrogens is 228 g/mol. The Balaban J connectivity index is 4.12. The van der Waals surface area contributed by atoms with Crippen LogP contribution in [0.25, 0.3) is 0 Å². The maximum absolute atomic E-state index is 11.5. The molecule has 0 aromatic rings. The van der Waals surface area contributed by atoms with Crippen molar-refractivity contribution in [2.75, 3.05) is 33.2 Å². The van der Waals surface area contributed by atoms with Crippen molar-refractivity contribution in [3.05, 3.63) is 0 Å². The summed E-state index contributed by atoms with van der Waals surface area (Å²) in [7, 11) is 1.78. The molecule has 0 aliphatic rings. The average Bonchev–Trinajstić information content (AvgIpc) is 2.22. The average molecular weight is 246 g/mol. The van der Waals surface area contributed by atoms with Gasteiger partial charge in [-0.2, -0.15) is 0 Å². The molecule has 0 aliphatic heterocycles. The second-order valence-corrected chi connectivity index (χ2v) is 3.41. The maximum atomic E-state index is 11.5. The number of aliphatic carboxylic acids is 1. The Morgan fingerprint density at radius 2 is 1.88 bits per heavy atom. The first-order chi connectivity index (χ1) is 7.97. The number of carboxylic acids is 1. The minimum absolute atomic E-state index is 0.397. The highest BCUT2D eigenvalue weighted by Gasteiger charge is 2.17. The molecule has 0 saturated carbocycles. The first-order valence-corrected chi connectivity index (χ1v) is 5.14. The molecule has 0 heterocycles. The highest BCUT2D eigenvalue weighted by Crippen LogP contribution is 1.90. The Kier molecular flexibility index (Phi) is 7.44. The van der Waals surface area contributed by atoms with Crippen LogP contribution in [0.1, 0.15) is 6.42 Å². The monoisotopic (exact) mass is 246 g/mol. The van der Waals surface area contributed by atoms with Crippen molar-refractivity contribution in [2.24, 2.45) is 5.73 Å². The number of nitrogens with one attached hydrogen (secondary N) is 2. The Labute approximate surface area is 99.1 Å². The number of carboxylic acid groups (broad SMARTS) is 1. The topological polar surface area (TPSA) is 125 Å². The van der Waals surface area contributed by atoms with Crippen LogP contribution >= 0.6 is 0 Å². The second-order valence-electron chi connectivity index (χ2n) is 3.41. The van der Waals surface area contributed by atoms with Crippen LogP contribution in [0, 0.1) is 0 Å². The molecule has 0 aromatic heterocycles. The van der Waals surface area contributed by atoms with Gasteiger partial charge in [0.25, 0.3) is 0 Å². The first kappa shape index (κ1) is 15.2. The number of primary amides is 1. The van der Waals surface area contributed by atoms with Gasteiger partial charge in [0.1, 0.15) is 13.1 Å². The molecule has 0 spiro atoms. The summed E-state index contributed by atoms with van der Waals surface area (Å²) >= 11 is 0. The summed E-state index contributed by atoms with van der Waals surface area (Å²) in [6.45, 7) is 0.161. The highest BCUT2D eigenvalue weighted by atomic mass is 16.4. The zero-order valence-electron chi connectivity index (χ0n) is 9.73. The molecule has 0 aromatic carbocycles. The van der Waals surface area contributed by atoms with E-state index in [4.69, 9.17) is 10.8 Å². The van der Waals surface area contributed by atoms with Crippen LogP contribution in [0.4, 0.5) is 4.79 Å². The van der Waals surface area contributed by atoms with Crippen LogP contribution in [0.3, 0.4) is 0 Å². The minimum atomic E-state index is -1.20. The number of rotatable bonds is 8. The minimum Gasteiger partial charge on any atom is -0.480 e. The fourth-order valence-corrected chi connectivity index (χ4v) is 1.12. The molecule has 0 radical (unpaired) electrons. The van der Waals surface area contributed by atoms with E-state index in [2.05, 4.69) is 10.6 Å². The molecular formula is C9H18N4O4. The van der Waals surface area contributed by atoms with E-state index in [9.17, 15) is 14.4 Å². The lowest BCUT2D eigenvalue weighted by molar-refractivity contribution is -0.137. The van der Waals surface area contributed by atoms with Crippen LogP contribution in [0.2, 0.25) is 0 Å². The van der Waals surface area contributed by atoms with Gasteiger partial charge in [-0.3, -0.25) is 9.59 Å². The highest BCUT2D eigenvalue weighted by molar-refractivity contribution is 5.85. The molecule has 0 fully saturated rings. The molecule has 5 N–H and O–H groups in total. The molecule has 8 heteroatoms. The maximum Gasteiger partial charge on any atom is 0.323 e. The molecule has 0 bridgehead atoms. The van der Waals surface area contributed by atoms with Crippen LogP contribution in [-0.2, 0) is 9.59 Å². The standard InChI is InChI=1S/C9H18N4O4/c1-11-3-2-4-12-9(17)13(5-7(10)14)6-8(15)16/h11H,2-6H2,1H3,(H2,10,14)(H,12,17)(H,15,16). The van der Waals surface area contributed by atoms with Gasteiger partial charge in [-0.1, -0.05) is 0 Å². The van der Waals surface area contributed by atoms with E-state index in [-0.39, 0.29) is 0 Å². The Bertz CT molecular complexity index is 266. The van der Waals surface area contributed by atoms with Gasteiger partial charge in [-0.25, -0.2) is 4.79 Å². The van der Waals surface area contributed by atoms with Crippen molar-refractivity contribution < 1.29 is 19.5 Å². The van der Waals surface area contributed by atoms with Crippen LogP contribution in [-0.4, -0.2) is 61.1 Å². The van der Waals surface area contributed by atoms with Gasteiger partial charge >= 0.3 is 12.0 Å². The lowest BCUT2D eigenvalue weighted by atomic mass is 10.4. The van der Waals surface area contributed by atoms with Gasteiger partial charge in [0, 0.05) is 6.54 Å². The molecule has 0 unspecified atom stereocenters. The Hall–Kier alpha value is -1.83. The van der Waals surface area contributed by atoms with Gasteiger partial charge in [-0.15, -0.1) is 0 Å². The first-order valence-electron chi connectivity index (χ1n) is 5.14. The van der Waals surface area contributed by atoms with Crippen molar-refractivity contribution in [3.8, 4) is 0 Å². The lowest BCUT2D eigenvalue weighted by Crippen LogP contribution is -2.47. The smallest absolute Gasteiger partial charge is 0.323 e. The second kappa shape index (κ2) is 8.34. The normalized spacial score (nSPS) is 9.71. The number of hydrogen-bond donors (Lipinski definition) is 4. The zero-order valence-corrected chi connectivity index (χ0v) is 9.73. The van der Waals surface area contributed by atoms with Crippen molar-refractivity contribution in [3.63, 3.8) is 0 Å². The molecule has 0 saturated heterocycles. The van der Waals surface area contributed by atoms with E-state index in [1.807, 2.05) is 0 Å². The van der Waals surface area contributed by atoms with Gasteiger partial charge in [0.05, 0.1) is 0 Å². The SMILES string of the molecule is CNCCCNC(=O)N(CC(N)=O)CC(=O)O. The number of nitrogens with two attached hydrogens (primary N) is 1. The summed E-state index contributed by atoms with van der Waals surface area (Å²) in [4.78, 5) is 33.5. The predicted molar refractivity (Wildman–Crippen MR) is 60.3 cm³/mol. The summed E-state index contributed by atoms with van der Waals surface area (Å²) in [5.41, 5.74) is 4.92. The summed E-state index contributed by atoms with van der Waals surface area (Å²) in [5, 5.41) is 14.0. The predicted octanol–water partition coefficient (Wildman–Crippen LogP) is -1.82. The summed E-state index contributed by atoms with van der Waals surface area (Å²) in [6, 6.07) is -0.609. The van der Waals surface area contributed by atoms with Gasteiger partial charge in [0.15, 0.2) is 0 Å². The third-order valence-electron chi connectivity index (χ3n) is 1.84. The van der Waals surface area contributed by atoms with Crippen LogP contribution in [0.15, 0.2) is 0 Å². The van der Waals surface area contributed by atoms with Crippen molar-refractivity contribution in [1.82, 2.24) is 15.5 Å². The number of hydrogen-bond acceptors (Lipinski definition) is 4. The number of nitrogens with zero attached hydrogens (tertiary/aromatic N) is 1. The summed E-state index contributed by atoms with van der Waals surface area (Å²) < 4.78 is 0. The van der Waals surface area contributed by atoms with Crippen LogP contribution in [0.5, 0.6) is 0 Å². The Morgan fingerprint density at radius 1 is 1.24 bits per heavy atom. The van der Waals surface area contributed by atoms with Crippen molar-refractivity contribution in [1.29, 1.82) is 0 Å². The largest absolute Gasteiger partial charge is 0.480 e. The van der Waals surface area contributed by atoms with Crippen molar-refractivity contribution in [2.45, 2.75) is 6.42 Å². The van der Waals surface area contributed by atoms with E-state index in [0.717, 1.165) is 11.4 Å². The third kappa shape index (κ3) is 8.03. The molecule has 98 valence electrons. The van der Waals surface area contributed by atoms with Gasteiger partial charge in [0.2, 0.25) is 5.91 Å². The van der Waals surface area contributed by atoms with Crippen LogP contribution < -0.4 is 16.4 Å². The zero-order chi connectivity index (χ0) is 13.3. The van der Waals surface area contributed by atoms with E-state index >= 15 is 0 Å². The summed E-state index contributed by atoms with van der Waals surface area (Å²) in [5.74, 6) is -1.95. The Morgan fingerprint density at radius 3 is 2.35 bits per heavy atom. The van der Waals surface area contributed by atoms with E-state index in [1.165, 1.54) is 0 Å². The fourth-order valence-electron chi connectivity index (χ4n) is 1.12. The van der Waals surface area contributed by atoms with Gasteiger partial charge in [-0.05, 0) is 20.0 Å². The molecule has 8 nitrogen and oxygen atoms in total. The number of amides is 3. The molecule has 0 aliphatic carbocycles. The summed E-state index contributed by atoms with van der Waals surface area (Å²) in [6.07, 6.45) is 0.708. The fraction of sp³-hybridized carbons (Fsp3) is 0.667. The third-order valence-corrected chi connectivity index (χ3v) is 1.84. The molecule has 3 amide bonds. The van der Waals surface area contributed by atoms with E-state index in [1.54, 1.807) is 7.05 Å². The molecule has 0 atom stereocenters. The molecule has 17 heavy (non-hydrogen) atoms. The van der Waals surface area contributed by atoms with Crippen molar-refractivity contribution >= 4 is 17.9 Å². The van der Waals surface area contributed by atoms with E-state index in [0.29, 0.717) is 13.0 Å². The van der Waals surface area contributed by atoms with E-state index < -0.39 is 31.0 Å². The van der Waals surface area contributed by atoms with Gasteiger partial charge < -0.3 is 26.4 Å².